The average molecular weight is 106 g/mol. The summed E-state index contributed by atoms with van der Waals surface area (Å²) in [5.74, 6) is 4.00. The molecule has 0 aromatic heterocycles. The van der Waals surface area contributed by atoms with Crippen molar-refractivity contribution in [2.45, 2.75) is 0 Å². The standard InChI is InChI=1S/C4H4B5/c1-2-4-6-8-9-7-5-3-1/h1-4H/b3-1-,4-2?. The van der Waals surface area contributed by atoms with E-state index in [4.69, 9.17) is 0 Å². The predicted molar refractivity (Wildman–Crippen MR) is 47.0 cm³/mol. The van der Waals surface area contributed by atoms with E-state index >= 15 is 0 Å². The third kappa shape index (κ3) is 3.39. The summed E-state index contributed by atoms with van der Waals surface area (Å²) in [6.45, 7) is 8.00. The van der Waals surface area contributed by atoms with Gasteiger partial charge in [-0.25, -0.2) is 0 Å². The van der Waals surface area contributed by atoms with Crippen LogP contribution in [0, 0.1) is 0 Å². The van der Waals surface area contributed by atoms with Gasteiger partial charge in [-0.3, -0.25) is 0 Å². The Hall–Kier alpha value is -0.195. The Kier molecular flexibility index (Phi) is 3.58. The number of allylic oxidation sites excluding steroid dienone is 2. The average Bonchev–Trinajstić information content (AvgIpc) is 2.00. The first-order valence-electron chi connectivity index (χ1n) is 3.00. The van der Waals surface area contributed by atoms with E-state index in [1.54, 1.807) is 0 Å². The van der Waals surface area contributed by atoms with Crippen molar-refractivity contribution in [1.82, 2.24) is 0 Å². The Bertz CT molecular complexity index is 157. The van der Waals surface area contributed by atoms with Crippen LogP contribution in [-0.2, 0) is 0 Å². The van der Waals surface area contributed by atoms with E-state index in [1.165, 1.54) is 0 Å². The van der Waals surface area contributed by atoms with Crippen molar-refractivity contribution in [3.05, 3.63) is 24.1 Å². The number of rotatable bonds is 0. The van der Waals surface area contributed by atoms with Gasteiger partial charge in [-0.2, -0.15) is 0 Å². The van der Waals surface area contributed by atoms with Crippen molar-refractivity contribution in [3.63, 3.8) is 0 Å². The normalized spacial score (nSPS) is 16.0. The maximum atomic E-state index is 2.00. The van der Waals surface area contributed by atoms with Crippen LogP contribution in [-0.4, -0.2) is 34.0 Å². The third-order valence-corrected chi connectivity index (χ3v) is 1.00. The zero-order valence-electron chi connectivity index (χ0n) is 5.20. The molecular weight excluding hydrogens is 102 g/mol. The summed E-state index contributed by atoms with van der Waals surface area (Å²) in [4.78, 5) is 0. The summed E-state index contributed by atoms with van der Waals surface area (Å²) < 4.78 is 0. The minimum atomic E-state index is 2.00. The molecule has 0 spiro atoms. The minimum absolute atomic E-state index is 2.00. The molecule has 9 heavy (non-hydrogen) atoms. The van der Waals surface area contributed by atoms with Gasteiger partial charge in [0.25, 0.3) is 0 Å². The molecule has 0 saturated heterocycles. The van der Waals surface area contributed by atoms with E-state index in [0.29, 0.717) is 0 Å². The summed E-state index contributed by atoms with van der Waals surface area (Å²) in [5, 5.41) is 0. The summed E-state index contributed by atoms with van der Waals surface area (Å²) in [7, 11) is 2.00. The first kappa shape index (κ1) is 6.92. The van der Waals surface area contributed by atoms with E-state index < -0.39 is 0 Å². The molecule has 0 N–H and O–H groups in total. The first-order chi connectivity index (χ1) is 4.50. The monoisotopic (exact) mass is 107 g/mol. The zero-order valence-corrected chi connectivity index (χ0v) is 5.20. The van der Waals surface area contributed by atoms with Gasteiger partial charge in [0.05, 0.1) is 0 Å². The zero-order chi connectivity index (χ0) is 6.36. The molecule has 1 heterocycles. The van der Waals surface area contributed by atoms with Crippen LogP contribution < -0.4 is 0 Å². The van der Waals surface area contributed by atoms with Gasteiger partial charge in [0.15, 0.2) is 0 Å². The molecule has 0 saturated carbocycles. The van der Waals surface area contributed by atoms with Crippen molar-refractivity contribution in [2.24, 2.45) is 0 Å². The first-order valence-corrected chi connectivity index (χ1v) is 3.00. The second-order valence-electron chi connectivity index (χ2n) is 1.73. The fourth-order valence-electron chi connectivity index (χ4n) is 0.577. The molecule has 5 heteroatoms. The fraction of sp³-hybridized carbons (Fsp3) is 0. The van der Waals surface area contributed by atoms with Crippen LogP contribution in [0.5, 0.6) is 0 Å². The van der Waals surface area contributed by atoms with Crippen molar-refractivity contribution >= 4 is 34.0 Å². The van der Waals surface area contributed by atoms with Crippen LogP contribution in [0.2, 0.25) is 0 Å². The van der Waals surface area contributed by atoms with E-state index in [1.807, 2.05) is 58.2 Å². The van der Waals surface area contributed by atoms with Crippen molar-refractivity contribution in [1.29, 1.82) is 0 Å². The number of hydrogen-bond acceptors (Lipinski definition) is 0. The molecule has 1 aliphatic heterocycles. The molecular formula is C4H4B5. The van der Waals surface area contributed by atoms with Gasteiger partial charge in [0, 0.05) is 0 Å². The Morgan fingerprint density at radius 1 is 0.778 bits per heavy atom. The molecule has 1 rings (SSSR count). The summed E-state index contributed by atoms with van der Waals surface area (Å²) in [5.41, 5.74) is 0. The second-order valence-corrected chi connectivity index (χ2v) is 1.73. The molecule has 0 fully saturated rings. The van der Waals surface area contributed by atoms with Crippen molar-refractivity contribution < 1.29 is 0 Å². The van der Waals surface area contributed by atoms with Crippen molar-refractivity contribution in [3.8, 4) is 0 Å². The Balaban J connectivity index is 2.60. The fourth-order valence-corrected chi connectivity index (χ4v) is 0.577. The van der Waals surface area contributed by atoms with Gasteiger partial charge in [0.2, 0.25) is 0 Å². The number of hydrogen-bond donors (Lipinski definition) is 0. The quantitative estimate of drug-likeness (QED) is 0.355. The van der Waals surface area contributed by atoms with E-state index in [9.17, 15) is 0 Å². The molecule has 0 bridgehead atoms. The van der Waals surface area contributed by atoms with E-state index in [0.717, 1.165) is 0 Å². The summed E-state index contributed by atoms with van der Waals surface area (Å²) in [6.07, 6.45) is 4.00. The molecule has 0 unspecified atom stereocenters. The Labute approximate surface area is 58.8 Å². The molecule has 35 valence electrons. The van der Waals surface area contributed by atoms with Gasteiger partial charge < -0.3 is 0 Å². The Morgan fingerprint density at radius 2 is 1.67 bits per heavy atom. The van der Waals surface area contributed by atoms with Crippen LogP contribution in [0.3, 0.4) is 0 Å². The van der Waals surface area contributed by atoms with Gasteiger partial charge in [-0.05, 0) is 0 Å². The molecule has 0 aromatic carbocycles. The van der Waals surface area contributed by atoms with Gasteiger partial charge in [-0.15, -0.1) is 0 Å². The maximum absolute atomic E-state index is 2.00. The van der Waals surface area contributed by atoms with Crippen LogP contribution in [0.1, 0.15) is 0 Å². The molecule has 1 radical (unpaired) electrons. The molecule has 1 aliphatic rings. The van der Waals surface area contributed by atoms with Crippen LogP contribution in [0.4, 0.5) is 0 Å². The molecule has 0 amide bonds. The summed E-state index contributed by atoms with van der Waals surface area (Å²) >= 11 is 0. The second kappa shape index (κ2) is 4.66. The molecule has 0 atom stereocenters. The van der Waals surface area contributed by atoms with Crippen LogP contribution in [0.15, 0.2) is 24.1 Å². The Morgan fingerprint density at radius 3 is 2.67 bits per heavy atom. The van der Waals surface area contributed by atoms with Gasteiger partial charge in [0.1, 0.15) is 0 Å². The molecule has 0 aliphatic carbocycles. The third-order valence-electron chi connectivity index (χ3n) is 1.00. The van der Waals surface area contributed by atoms with Gasteiger partial charge in [-0.1, -0.05) is 0 Å². The predicted octanol–water partition coefficient (Wildman–Crippen LogP) is -0.792. The van der Waals surface area contributed by atoms with E-state index in [2.05, 4.69) is 0 Å². The molecule has 0 aromatic rings. The van der Waals surface area contributed by atoms with Gasteiger partial charge >= 0.3 is 58.2 Å². The van der Waals surface area contributed by atoms with Crippen LogP contribution >= 0.6 is 0 Å². The molecule has 0 nitrogen and oxygen atoms in total. The topological polar surface area (TPSA) is 0 Å². The van der Waals surface area contributed by atoms with Crippen molar-refractivity contribution in [2.75, 3.05) is 0 Å². The van der Waals surface area contributed by atoms with E-state index in [-0.39, 0.29) is 0 Å². The van der Waals surface area contributed by atoms with Crippen LogP contribution in [0.25, 0.3) is 0 Å². The SMILES string of the molecule is [B]1B=BB=B/C=C\C=C1. The summed E-state index contributed by atoms with van der Waals surface area (Å²) in [6, 6.07) is 0.